The first-order chi connectivity index (χ1) is 16.5. The molecule has 9 atom stereocenters. The van der Waals surface area contributed by atoms with Gasteiger partial charge in [-0.25, -0.2) is 0 Å². The molecule has 5 nitrogen and oxygen atoms in total. The summed E-state index contributed by atoms with van der Waals surface area (Å²) in [4.78, 5) is 28.1. The average Bonchev–Trinajstić information content (AvgIpc) is 3.28. The number of likely N-dealkylation sites (tertiary alicyclic amines) is 1. The zero-order chi connectivity index (χ0) is 23.6. The Balaban J connectivity index is 1.18. The Morgan fingerprint density at radius 3 is 2.62 bits per heavy atom. The van der Waals surface area contributed by atoms with Crippen LogP contribution >= 0.6 is 0 Å². The Morgan fingerprint density at radius 1 is 1.09 bits per heavy atom. The first-order valence-electron chi connectivity index (χ1n) is 14.3. The van der Waals surface area contributed by atoms with Gasteiger partial charge in [0.2, 0.25) is 0 Å². The van der Waals surface area contributed by atoms with Crippen LogP contribution in [-0.4, -0.2) is 39.5 Å². The van der Waals surface area contributed by atoms with E-state index in [-0.39, 0.29) is 17.2 Å². The lowest BCUT2D eigenvalue weighted by Crippen LogP contribution is -2.50. The van der Waals surface area contributed by atoms with Gasteiger partial charge < -0.3 is 4.90 Å². The molecule has 1 saturated heterocycles. The van der Waals surface area contributed by atoms with Gasteiger partial charge in [-0.05, 0) is 85.4 Å². The zero-order valence-corrected chi connectivity index (χ0v) is 21.4. The maximum atomic E-state index is 13.8. The van der Waals surface area contributed by atoms with Crippen LogP contribution in [0.2, 0.25) is 0 Å². The summed E-state index contributed by atoms with van der Waals surface area (Å²) in [6.07, 6.45) is 15.2. The number of carbonyl (C=O) groups is 2. The molecule has 34 heavy (non-hydrogen) atoms. The van der Waals surface area contributed by atoms with Crippen LogP contribution in [0.15, 0.2) is 12.4 Å². The monoisotopic (exact) mass is 465 g/mol. The number of Topliss-reactive ketones (excluding diaryl/α,β-unsaturated/α-hetero) is 1. The second-order valence-electron chi connectivity index (χ2n) is 12.7. The van der Waals surface area contributed by atoms with Gasteiger partial charge in [-0.3, -0.25) is 14.3 Å². The predicted octanol–water partition coefficient (Wildman–Crippen LogP) is 5.45. The molecule has 5 heteroatoms. The number of amides is 1. The van der Waals surface area contributed by atoms with Crippen molar-refractivity contribution >= 4 is 11.7 Å². The highest BCUT2D eigenvalue weighted by Crippen LogP contribution is 2.74. The van der Waals surface area contributed by atoms with Crippen molar-refractivity contribution in [1.82, 2.24) is 14.7 Å². The van der Waals surface area contributed by atoms with E-state index < -0.39 is 0 Å². The van der Waals surface area contributed by atoms with Crippen LogP contribution in [0.4, 0.5) is 0 Å². The Hall–Kier alpha value is -1.65. The topological polar surface area (TPSA) is 55.2 Å². The molecule has 0 aromatic carbocycles. The SMILES string of the molecule is CCCC1C(CC)CCC2C1CCC1(C)C(C(=O)Cn3cc(C(=O)N4CCC4)cn3)C3CC3C21. The van der Waals surface area contributed by atoms with E-state index in [1.165, 1.54) is 51.4 Å². The standard InChI is InChI=1S/C29H43N3O2/c1-4-7-20-18(5-2)8-9-22-21(20)10-11-29(3)26(22)23-14-24(23)27(29)25(33)17-32-16-19(15-30-32)28(34)31-12-6-13-31/h15-16,18,20-24,26-27H,4-14,17H2,1-3H3. The maximum absolute atomic E-state index is 13.8. The number of ketones is 1. The number of fused-ring (bicyclic) bond motifs is 5. The van der Waals surface area contributed by atoms with Crippen LogP contribution < -0.4 is 0 Å². The van der Waals surface area contributed by atoms with Gasteiger partial charge >= 0.3 is 0 Å². The molecule has 186 valence electrons. The Bertz CT molecular complexity index is 951. The molecule has 9 unspecified atom stereocenters. The van der Waals surface area contributed by atoms with E-state index >= 15 is 0 Å². The maximum Gasteiger partial charge on any atom is 0.257 e. The van der Waals surface area contributed by atoms with Crippen molar-refractivity contribution in [3.8, 4) is 0 Å². The number of rotatable bonds is 7. The number of nitrogens with zero attached hydrogens (tertiary/aromatic N) is 3. The van der Waals surface area contributed by atoms with Crippen LogP contribution in [0.5, 0.6) is 0 Å². The van der Waals surface area contributed by atoms with Crippen LogP contribution in [0.1, 0.15) is 88.9 Å². The quantitative estimate of drug-likeness (QED) is 0.538. The molecule has 0 bridgehead atoms. The first kappa shape index (κ1) is 22.8. The van der Waals surface area contributed by atoms with E-state index in [9.17, 15) is 9.59 Å². The molecule has 1 amide bonds. The summed E-state index contributed by atoms with van der Waals surface area (Å²) in [5.41, 5.74) is 0.799. The van der Waals surface area contributed by atoms with E-state index in [0.717, 1.165) is 55.0 Å². The minimum absolute atomic E-state index is 0.0581. The van der Waals surface area contributed by atoms with E-state index in [0.29, 0.717) is 23.8 Å². The summed E-state index contributed by atoms with van der Waals surface area (Å²) in [6.45, 7) is 9.25. The van der Waals surface area contributed by atoms with Crippen molar-refractivity contribution in [3.05, 3.63) is 18.0 Å². The van der Waals surface area contributed by atoms with Crippen molar-refractivity contribution in [2.45, 2.75) is 85.1 Å². The lowest BCUT2D eigenvalue weighted by molar-refractivity contribution is -0.133. The summed E-state index contributed by atoms with van der Waals surface area (Å²) in [5.74, 6) is 6.34. The molecule has 4 saturated carbocycles. The molecule has 4 aliphatic carbocycles. The number of hydrogen-bond acceptors (Lipinski definition) is 3. The third kappa shape index (κ3) is 3.43. The summed E-state index contributed by atoms with van der Waals surface area (Å²) >= 11 is 0. The second kappa shape index (κ2) is 8.48. The third-order valence-corrected chi connectivity index (χ3v) is 11.1. The highest BCUT2D eigenvalue weighted by Gasteiger charge is 2.70. The normalized spacial score (nSPS) is 42.4. The van der Waals surface area contributed by atoms with Crippen LogP contribution in [0, 0.1) is 52.8 Å². The lowest BCUT2D eigenvalue weighted by atomic mass is 9.49. The smallest absolute Gasteiger partial charge is 0.257 e. The van der Waals surface area contributed by atoms with Gasteiger partial charge in [0.15, 0.2) is 5.78 Å². The fourth-order valence-corrected chi connectivity index (χ4v) is 9.62. The van der Waals surface area contributed by atoms with Crippen LogP contribution in [0.3, 0.4) is 0 Å². The fourth-order valence-electron chi connectivity index (χ4n) is 9.62. The highest BCUT2D eigenvalue weighted by atomic mass is 16.2. The van der Waals surface area contributed by atoms with Gasteiger partial charge in [-0.2, -0.15) is 5.10 Å². The number of carbonyl (C=O) groups excluding carboxylic acids is 2. The summed E-state index contributed by atoms with van der Waals surface area (Å²) in [6, 6.07) is 0. The fraction of sp³-hybridized carbons (Fsp3) is 0.828. The molecule has 6 rings (SSSR count). The van der Waals surface area contributed by atoms with Crippen LogP contribution in [0.25, 0.3) is 0 Å². The molecular formula is C29H43N3O2. The molecule has 5 fully saturated rings. The molecular weight excluding hydrogens is 422 g/mol. The number of aromatic nitrogens is 2. The molecule has 1 aromatic rings. The minimum Gasteiger partial charge on any atom is -0.338 e. The predicted molar refractivity (Wildman–Crippen MR) is 132 cm³/mol. The van der Waals surface area contributed by atoms with Gasteiger partial charge in [-0.1, -0.05) is 40.0 Å². The third-order valence-electron chi connectivity index (χ3n) is 11.1. The van der Waals surface area contributed by atoms with Crippen molar-refractivity contribution in [2.75, 3.05) is 13.1 Å². The van der Waals surface area contributed by atoms with Gasteiger partial charge in [0.1, 0.15) is 0 Å². The molecule has 0 spiro atoms. The van der Waals surface area contributed by atoms with Gasteiger partial charge in [0.05, 0.1) is 18.3 Å². The Morgan fingerprint density at radius 2 is 1.91 bits per heavy atom. The van der Waals surface area contributed by atoms with Gasteiger partial charge in [-0.15, -0.1) is 0 Å². The van der Waals surface area contributed by atoms with Crippen molar-refractivity contribution in [3.63, 3.8) is 0 Å². The van der Waals surface area contributed by atoms with E-state index in [2.05, 4.69) is 25.9 Å². The van der Waals surface area contributed by atoms with E-state index in [1.54, 1.807) is 17.1 Å². The molecule has 1 aliphatic heterocycles. The number of hydrogen-bond donors (Lipinski definition) is 0. The van der Waals surface area contributed by atoms with Crippen molar-refractivity contribution in [1.29, 1.82) is 0 Å². The summed E-state index contributed by atoms with van der Waals surface area (Å²) in [7, 11) is 0. The van der Waals surface area contributed by atoms with Gasteiger partial charge in [0, 0.05) is 25.2 Å². The Kier molecular flexibility index (Phi) is 5.69. The first-order valence-corrected chi connectivity index (χ1v) is 14.3. The van der Waals surface area contributed by atoms with E-state index in [1.807, 2.05) is 4.90 Å². The second-order valence-corrected chi connectivity index (χ2v) is 12.7. The average molecular weight is 466 g/mol. The van der Waals surface area contributed by atoms with Crippen molar-refractivity contribution < 1.29 is 9.59 Å². The Labute approximate surface area is 205 Å². The van der Waals surface area contributed by atoms with E-state index in [4.69, 9.17) is 0 Å². The largest absolute Gasteiger partial charge is 0.338 e. The molecule has 2 heterocycles. The lowest BCUT2D eigenvalue weighted by Gasteiger charge is -2.56. The van der Waals surface area contributed by atoms with Crippen LogP contribution in [-0.2, 0) is 11.3 Å². The van der Waals surface area contributed by atoms with Gasteiger partial charge in [0.25, 0.3) is 5.91 Å². The van der Waals surface area contributed by atoms with Crippen molar-refractivity contribution in [2.24, 2.45) is 52.8 Å². The summed E-state index contributed by atoms with van der Waals surface area (Å²) in [5, 5.41) is 4.42. The molecule has 5 aliphatic rings. The highest BCUT2D eigenvalue weighted by molar-refractivity contribution is 5.94. The zero-order valence-electron chi connectivity index (χ0n) is 21.4. The summed E-state index contributed by atoms with van der Waals surface area (Å²) < 4.78 is 1.73. The molecule has 1 aromatic heterocycles. The molecule has 0 radical (unpaired) electrons. The molecule has 0 N–H and O–H groups in total. The minimum atomic E-state index is 0.0581.